The molecule has 1 saturated heterocycles. The number of alkyl halides is 1. The zero-order valence-corrected chi connectivity index (χ0v) is 17.2. The molecule has 2 aliphatic rings. The van der Waals surface area contributed by atoms with Crippen molar-refractivity contribution in [2.45, 2.75) is 64.6 Å². The molecular formula is C20H32FN5O. The van der Waals surface area contributed by atoms with E-state index in [4.69, 9.17) is 0 Å². The average Bonchev–Trinajstić information content (AvgIpc) is 2.86. The van der Waals surface area contributed by atoms with Crippen molar-refractivity contribution in [1.29, 1.82) is 0 Å². The second-order valence-electron chi connectivity index (χ2n) is 8.86. The number of hydrogen-bond acceptors (Lipinski definition) is 5. The molecule has 3 heterocycles. The predicted octanol–water partition coefficient (Wildman–Crippen LogP) is 2.38. The molecule has 150 valence electrons. The van der Waals surface area contributed by atoms with Gasteiger partial charge in [0.25, 0.3) is 0 Å². The third-order valence-electron chi connectivity index (χ3n) is 5.63. The molecule has 0 aliphatic carbocycles. The quantitative estimate of drug-likeness (QED) is 0.854. The molecule has 2 aliphatic heterocycles. The highest BCUT2D eigenvalue weighted by atomic mass is 19.1. The SMILES string of the molecule is CCCC(C)(F)c1cc2c(nn1)C(C)(C)CN2C(=O)CN1CCNC(C)C1. The summed E-state index contributed by atoms with van der Waals surface area (Å²) in [4.78, 5) is 17.0. The summed E-state index contributed by atoms with van der Waals surface area (Å²) in [5.74, 6) is 0.0472. The van der Waals surface area contributed by atoms with E-state index in [1.54, 1.807) is 17.9 Å². The van der Waals surface area contributed by atoms with Gasteiger partial charge in [-0.25, -0.2) is 4.39 Å². The fourth-order valence-electron chi connectivity index (χ4n) is 4.13. The van der Waals surface area contributed by atoms with Crippen LogP contribution in [-0.4, -0.2) is 59.8 Å². The van der Waals surface area contributed by atoms with Gasteiger partial charge in [0.1, 0.15) is 5.69 Å². The van der Waals surface area contributed by atoms with Crippen LogP contribution in [0.1, 0.15) is 58.8 Å². The molecule has 0 radical (unpaired) electrons. The molecule has 1 amide bonds. The lowest BCUT2D eigenvalue weighted by Crippen LogP contribution is -2.52. The first-order valence-electron chi connectivity index (χ1n) is 9.98. The Hall–Kier alpha value is -1.60. The number of rotatable bonds is 5. The zero-order chi connectivity index (χ0) is 19.8. The van der Waals surface area contributed by atoms with Crippen LogP contribution >= 0.6 is 0 Å². The van der Waals surface area contributed by atoms with E-state index < -0.39 is 5.67 Å². The topological polar surface area (TPSA) is 61.4 Å². The average molecular weight is 378 g/mol. The minimum Gasteiger partial charge on any atom is -0.312 e. The lowest BCUT2D eigenvalue weighted by atomic mass is 9.91. The van der Waals surface area contributed by atoms with E-state index in [1.807, 2.05) is 6.92 Å². The Morgan fingerprint density at radius 1 is 1.44 bits per heavy atom. The van der Waals surface area contributed by atoms with Crippen LogP contribution in [0.5, 0.6) is 0 Å². The number of carbonyl (C=O) groups excluding carboxylic acids is 1. The molecule has 27 heavy (non-hydrogen) atoms. The molecule has 0 spiro atoms. The van der Waals surface area contributed by atoms with Crippen molar-refractivity contribution in [2.75, 3.05) is 37.6 Å². The fraction of sp³-hybridized carbons (Fsp3) is 0.750. The molecule has 7 heteroatoms. The minimum atomic E-state index is -1.54. The smallest absolute Gasteiger partial charge is 0.241 e. The summed E-state index contributed by atoms with van der Waals surface area (Å²) in [7, 11) is 0. The Morgan fingerprint density at radius 3 is 2.85 bits per heavy atom. The normalized spacial score (nSPS) is 24.5. The van der Waals surface area contributed by atoms with Gasteiger partial charge in [-0.2, -0.15) is 10.2 Å². The van der Waals surface area contributed by atoms with Crippen molar-refractivity contribution in [3.8, 4) is 0 Å². The van der Waals surface area contributed by atoms with Crippen LogP contribution in [0.25, 0.3) is 0 Å². The third-order valence-corrected chi connectivity index (χ3v) is 5.63. The van der Waals surface area contributed by atoms with Gasteiger partial charge in [0.2, 0.25) is 5.91 Å². The van der Waals surface area contributed by atoms with Gasteiger partial charge in [-0.3, -0.25) is 9.69 Å². The number of amides is 1. The van der Waals surface area contributed by atoms with Crippen molar-refractivity contribution < 1.29 is 9.18 Å². The van der Waals surface area contributed by atoms with Gasteiger partial charge in [0.15, 0.2) is 5.67 Å². The number of halogens is 1. The molecule has 3 rings (SSSR count). The van der Waals surface area contributed by atoms with E-state index in [9.17, 15) is 4.79 Å². The second kappa shape index (κ2) is 7.43. The largest absolute Gasteiger partial charge is 0.312 e. The number of carbonyl (C=O) groups is 1. The summed E-state index contributed by atoms with van der Waals surface area (Å²) in [5, 5.41) is 11.9. The number of nitrogens with zero attached hydrogens (tertiary/aromatic N) is 4. The fourth-order valence-corrected chi connectivity index (χ4v) is 4.13. The summed E-state index contributed by atoms with van der Waals surface area (Å²) in [6.45, 7) is 13.3. The van der Waals surface area contributed by atoms with Crippen LogP contribution in [0.3, 0.4) is 0 Å². The summed E-state index contributed by atoms with van der Waals surface area (Å²) >= 11 is 0. The number of aromatic nitrogens is 2. The van der Waals surface area contributed by atoms with Gasteiger partial charge >= 0.3 is 0 Å². The Balaban J connectivity index is 1.85. The van der Waals surface area contributed by atoms with Gasteiger partial charge < -0.3 is 10.2 Å². The molecule has 0 aromatic carbocycles. The van der Waals surface area contributed by atoms with E-state index in [0.717, 1.165) is 37.4 Å². The van der Waals surface area contributed by atoms with Crippen molar-refractivity contribution >= 4 is 11.6 Å². The maximum atomic E-state index is 15.0. The van der Waals surface area contributed by atoms with E-state index >= 15 is 4.39 Å². The summed E-state index contributed by atoms with van der Waals surface area (Å²) in [6, 6.07) is 2.12. The molecule has 1 N–H and O–H groups in total. The molecule has 1 aromatic rings. The maximum Gasteiger partial charge on any atom is 0.241 e. The molecule has 6 nitrogen and oxygen atoms in total. The number of anilines is 1. The maximum absolute atomic E-state index is 15.0. The number of nitrogens with one attached hydrogen (secondary N) is 1. The standard InChI is InChI=1S/C20H32FN5O/c1-6-7-20(5,21)16-10-15-18(24-23-16)19(3,4)13-26(15)17(27)12-25-9-8-22-14(2)11-25/h10,14,22H,6-9,11-13H2,1-5H3. The van der Waals surface area contributed by atoms with Crippen molar-refractivity contribution in [2.24, 2.45) is 0 Å². The molecule has 0 saturated carbocycles. The van der Waals surface area contributed by atoms with Gasteiger partial charge in [-0.1, -0.05) is 27.2 Å². The molecule has 2 unspecified atom stereocenters. The first kappa shape index (κ1) is 20.1. The van der Waals surface area contributed by atoms with E-state index in [2.05, 4.69) is 41.2 Å². The highest BCUT2D eigenvalue weighted by molar-refractivity contribution is 5.97. The van der Waals surface area contributed by atoms with Crippen LogP contribution < -0.4 is 10.2 Å². The first-order valence-corrected chi connectivity index (χ1v) is 9.98. The highest BCUT2D eigenvalue weighted by Crippen LogP contribution is 2.41. The number of fused-ring (bicyclic) bond motifs is 1. The lowest BCUT2D eigenvalue weighted by molar-refractivity contribution is -0.120. The monoisotopic (exact) mass is 377 g/mol. The Kier molecular flexibility index (Phi) is 5.54. The van der Waals surface area contributed by atoms with Crippen LogP contribution in [0.15, 0.2) is 6.07 Å². The van der Waals surface area contributed by atoms with Crippen molar-refractivity contribution in [3.63, 3.8) is 0 Å². The van der Waals surface area contributed by atoms with E-state index in [0.29, 0.717) is 31.2 Å². The minimum absolute atomic E-state index is 0.0472. The highest BCUT2D eigenvalue weighted by Gasteiger charge is 2.42. The molecule has 1 aromatic heterocycles. The Labute approximate surface area is 161 Å². The molecule has 1 fully saturated rings. The Bertz CT molecular complexity index is 706. The van der Waals surface area contributed by atoms with Gasteiger partial charge in [0, 0.05) is 37.6 Å². The van der Waals surface area contributed by atoms with Gasteiger partial charge in [-0.15, -0.1) is 0 Å². The number of hydrogen-bond donors (Lipinski definition) is 1. The van der Waals surface area contributed by atoms with Crippen LogP contribution in [0, 0.1) is 0 Å². The molecule has 2 atom stereocenters. The van der Waals surface area contributed by atoms with Crippen LogP contribution in [-0.2, 0) is 15.9 Å². The summed E-state index contributed by atoms with van der Waals surface area (Å²) < 4.78 is 15.0. The number of piperazine rings is 1. The van der Waals surface area contributed by atoms with E-state index in [1.165, 1.54) is 0 Å². The Morgan fingerprint density at radius 2 is 2.19 bits per heavy atom. The van der Waals surface area contributed by atoms with E-state index in [-0.39, 0.29) is 11.3 Å². The van der Waals surface area contributed by atoms with Crippen LogP contribution in [0.2, 0.25) is 0 Å². The van der Waals surface area contributed by atoms with Gasteiger partial charge in [-0.05, 0) is 26.3 Å². The molecular weight excluding hydrogens is 345 g/mol. The van der Waals surface area contributed by atoms with Crippen molar-refractivity contribution in [3.05, 3.63) is 17.5 Å². The molecule has 0 bridgehead atoms. The summed E-state index contributed by atoms with van der Waals surface area (Å²) in [6.07, 6.45) is 1.11. The predicted molar refractivity (Wildman–Crippen MR) is 105 cm³/mol. The summed E-state index contributed by atoms with van der Waals surface area (Å²) in [5.41, 5.74) is -0.00939. The first-order chi connectivity index (χ1) is 12.6. The van der Waals surface area contributed by atoms with Crippen molar-refractivity contribution in [1.82, 2.24) is 20.4 Å². The van der Waals surface area contributed by atoms with Gasteiger partial charge in [0.05, 0.1) is 17.9 Å². The zero-order valence-electron chi connectivity index (χ0n) is 17.2. The lowest BCUT2D eigenvalue weighted by Gasteiger charge is -2.32. The third kappa shape index (κ3) is 4.14. The van der Waals surface area contributed by atoms with Crippen LogP contribution in [0.4, 0.5) is 10.1 Å². The second-order valence-corrected chi connectivity index (χ2v) is 8.86.